The third kappa shape index (κ3) is 15.5. The molecule has 2 atom stereocenters. The van der Waals surface area contributed by atoms with Crippen LogP contribution in [-0.2, 0) is 30.1 Å². The molecule has 0 bridgehead atoms. The fraction of sp³-hybridized carbons (Fsp3) is 1.00. The summed E-state index contributed by atoms with van der Waals surface area (Å²) < 4.78 is 22.0. The Morgan fingerprint density at radius 2 is 1.18 bits per heavy atom. The molecule has 0 amide bonds. The zero-order chi connectivity index (χ0) is 16.1. The average Bonchev–Trinajstić information content (AvgIpc) is 2.38. The van der Waals surface area contributed by atoms with Crippen molar-refractivity contribution < 1.29 is 35.0 Å². The molecule has 0 aliphatic rings. The van der Waals surface area contributed by atoms with Gasteiger partial charge < -0.3 is 13.9 Å². The van der Waals surface area contributed by atoms with Crippen molar-refractivity contribution in [2.45, 2.75) is 104 Å². The minimum absolute atomic E-state index is 0. The van der Waals surface area contributed by atoms with E-state index in [9.17, 15) is 9.46 Å². The minimum atomic E-state index is -4.17. The monoisotopic (exact) mass is 379 g/mol. The standard InChI is InChI=1S/C16H35O4P.Ni/c1-5-7-9-11-13-15(3)19-21(17,18)20-16(4)14-12-10-8-6-2;/h15-16H,5-14H2,1-4H3,(H,17,18);/q;+1/p-1. The molecule has 22 heavy (non-hydrogen) atoms. The van der Waals surface area contributed by atoms with Gasteiger partial charge in [-0.1, -0.05) is 65.2 Å². The Kier molecular flexibility index (Phi) is 17.1. The van der Waals surface area contributed by atoms with Crippen molar-refractivity contribution in [1.82, 2.24) is 0 Å². The molecule has 0 aromatic rings. The zero-order valence-electron chi connectivity index (χ0n) is 14.6. The maximum atomic E-state index is 11.8. The van der Waals surface area contributed by atoms with E-state index >= 15 is 0 Å². The summed E-state index contributed by atoms with van der Waals surface area (Å²) in [6.07, 6.45) is 9.92. The maximum absolute atomic E-state index is 11.8. The van der Waals surface area contributed by atoms with Gasteiger partial charge in [0.2, 0.25) is 0 Å². The molecule has 0 saturated heterocycles. The Morgan fingerprint density at radius 1 is 0.818 bits per heavy atom. The zero-order valence-corrected chi connectivity index (χ0v) is 16.5. The molecular formula is C16H34NiO4P. The molecule has 137 valence electrons. The van der Waals surface area contributed by atoms with E-state index in [-0.39, 0.29) is 28.7 Å². The summed E-state index contributed by atoms with van der Waals surface area (Å²) in [4.78, 5) is 11.8. The van der Waals surface area contributed by atoms with E-state index in [4.69, 9.17) is 9.05 Å². The topological polar surface area (TPSA) is 58.6 Å². The molecule has 1 radical (unpaired) electrons. The maximum Gasteiger partial charge on any atom is 1.00 e. The van der Waals surface area contributed by atoms with E-state index in [0.29, 0.717) is 0 Å². The number of unbranched alkanes of at least 4 members (excludes halogenated alkanes) is 6. The van der Waals surface area contributed by atoms with Crippen LogP contribution in [0.15, 0.2) is 0 Å². The van der Waals surface area contributed by atoms with Gasteiger partial charge in [-0.2, -0.15) is 0 Å². The summed E-state index contributed by atoms with van der Waals surface area (Å²) in [6, 6.07) is 0. The van der Waals surface area contributed by atoms with Crippen molar-refractivity contribution in [1.29, 1.82) is 0 Å². The molecule has 0 aliphatic heterocycles. The van der Waals surface area contributed by atoms with Gasteiger partial charge in [0.15, 0.2) is 0 Å². The Bertz CT molecular complexity index is 265. The van der Waals surface area contributed by atoms with E-state index in [1.807, 2.05) is 0 Å². The normalized spacial score (nSPS) is 16.6. The van der Waals surface area contributed by atoms with E-state index in [0.717, 1.165) is 38.5 Å². The van der Waals surface area contributed by atoms with Crippen LogP contribution >= 0.6 is 7.82 Å². The van der Waals surface area contributed by atoms with E-state index in [1.54, 1.807) is 13.8 Å². The van der Waals surface area contributed by atoms with E-state index < -0.39 is 7.82 Å². The number of hydrogen-bond acceptors (Lipinski definition) is 4. The van der Waals surface area contributed by atoms with Crippen molar-refractivity contribution >= 4 is 7.82 Å². The molecule has 0 heterocycles. The van der Waals surface area contributed by atoms with Crippen LogP contribution in [0.3, 0.4) is 0 Å². The number of phosphoric acid groups is 1. The second kappa shape index (κ2) is 15.1. The minimum Gasteiger partial charge on any atom is -0.756 e. The number of phosphoric ester groups is 1. The first-order valence-electron chi connectivity index (χ1n) is 8.59. The van der Waals surface area contributed by atoms with Gasteiger partial charge in [0, 0.05) is 0 Å². The summed E-state index contributed by atoms with van der Waals surface area (Å²) in [5, 5.41) is 0. The van der Waals surface area contributed by atoms with Crippen molar-refractivity contribution in [3.8, 4) is 0 Å². The molecule has 0 N–H and O–H groups in total. The van der Waals surface area contributed by atoms with Crippen molar-refractivity contribution in [3.63, 3.8) is 0 Å². The van der Waals surface area contributed by atoms with Gasteiger partial charge in [-0.25, -0.2) is 0 Å². The quantitative estimate of drug-likeness (QED) is 0.236. The van der Waals surface area contributed by atoms with Gasteiger partial charge in [0.25, 0.3) is 7.82 Å². The molecule has 0 aliphatic carbocycles. The van der Waals surface area contributed by atoms with Gasteiger partial charge in [-0.15, -0.1) is 0 Å². The summed E-state index contributed by atoms with van der Waals surface area (Å²) >= 11 is 0. The predicted molar refractivity (Wildman–Crippen MR) is 86.2 cm³/mol. The smallest absolute Gasteiger partial charge is 0.756 e. The van der Waals surface area contributed by atoms with Gasteiger partial charge in [0.05, 0.1) is 12.2 Å². The Balaban J connectivity index is 0. The van der Waals surface area contributed by atoms with Gasteiger partial charge in [-0.3, -0.25) is 4.57 Å². The van der Waals surface area contributed by atoms with Gasteiger partial charge in [0.1, 0.15) is 0 Å². The molecule has 0 fully saturated rings. The number of hydrogen-bond donors (Lipinski definition) is 0. The molecule has 0 rings (SSSR count). The first kappa shape index (κ1) is 24.9. The molecule has 4 nitrogen and oxygen atoms in total. The molecule has 0 aromatic heterocycles. The third-order valence-corrected chi connectivity index (χ3v) is 4.78. The van der Waals surface area contributed by atoms with Crippen LogP contribution in [0.25, 0.3) is 0 Å². The van der Waals surface area contributed by atoms with E-state index in [2.05, 4.69) is 13.8 Å². The van der Waals surface area contributed by atoms with Crippen molar-refractivity contribution in [2.24, 2.45) is 0 Å². The van der Waals surface area contributed by atoms with Crippen LogP contribution in [0, 0.1) is 0 Å². The third-order valence-electron chi connectivity index (χ3n) is 3.55. The van der Waals surface area contributed by atoms with Crippen LogP contribution in [-0.4, -0.2) is 12.2 Å². The molecular weight excluding hydrogens is 346 g/mol. The van der Waals surface area contributed by atoms with Crippen LogP contribution < -0.4 is 4.89 Å². The molecule has 0 spiro atoms. The van der Waals surface area contributed by atoms with Gasteiger partial charge >= 0.3 is 16.5 Å². The SMILES string of the molecule is CCCCCCC(C)OP(=O)([O-])OC(C)CCCCCC.[Ni+]. The first-order valence-corrected chi connectivity index (χ1v) is 10.0. The molecule has 0 aromatic carbocycles. The first-order chi connectivity index (χ1) is 9.91. The van der Waals surface area contributed by atoms with Crippen LogP contribution in [0.5, 0.6) is 0 Å². The Labute approximate surface area is 147 Å². The van der Waals surface area contributed by atoms with Crippen molar-refractivity contribution in [3.05, 3.63) is 0 Å². The summed E-state index contributed by atoms with van der Waals surface area (Å²) in [5.74, 6) is 0. The largest absolute Gasteiger partial charge is 1.00 e. The van der Waals surface area contributed by atoms with Crippen molar-refractivity contribution in [2.75, 3.05) is 0 Å². The molecule has 6 heteroatoms. The van der Waals surface area contributed by atoms with Gasteiger partial charge in [-0.05, 0) is 26.7 Å². The second-order valence-corrected chi connectivity index (χ2v) is 7.29. The van der Waals surface area contributed by atoms with Crippen LogP contribution in [0.2, 0.25) is 0 Å². The summed E-state index contributed by atoms with van der Waals surface area (Å²) in [6.45, 7) is 7.90. The average molecular weight is 380 g/mol. The summed E-state index contributed by atoms with van der Waals surface area (Å²) in [7, 11) is -4.17. The molecule has 0 saturated carbocycles. The summed E-state index contributed by atoms with van der Waals surface area (Å²) in [5.41, 5.74) is 0. The fourth-order valence-corrected chi connectivity index (χ4v) is 3.43. The van der Waals surface area contributed by atoms with E-state index in [1.165, 1.54) is 25.7 Å². The fourth-order valence-electron chi connectivity index (χ4n) is 2.29. The predicted octanol–water partition coefficient (Wildman–Crippen LogP) is 5.20. The van der Waals surface area contributed by atoms with Crippen LogP contribution in [0.4, 0.5) is 0 Å². The molecule has 2 unspecified atom stereocenters. The Morgan fingerprint density at radius 3 is 1.50 bits per heavy atom. The second-order valence-electron chi connectivity index (χ2n) is 5.98. The number of rotatable bonds is 14. The Hall–Kier alpha value is 0.604. The van der Waals surface area contributed by atoms with Crippen LogP contribution in [0.1, 0.15) is 91.9 Å².